The highest BCUT2D eigenvalue weighted by Crippen LogP contribution is 2.33. The van der Waals surface area contributed by atoms with Crippen LogP contribution in [-0.2, 0) is 12.8 Å². The van der Waals surface area contributed by atoms with Gasteiger partial charge in [-0.3, -0.25) is 4.90 Å². The topological polar surface area (TPSA) is 26.8 Å². The van der Waals surface area contributed by atoms with Crippen molar-refractivity contribution in [2.24, 2.45) is 5.92 Å². The first-order valence-electron chi connectivity index (χ1n) is 8.90. The highest BCUT2D eigenvalue weighted by molar-refractivity contribution is 5.74. The molecule has 0 unspecified atom stereocenters. The maximum absolute atomic E-state index is 12.5. The number of piperidine rings is 1. The summed E-state index contributed by atoms with van der Waals surface area (Å²) in [5, 5.41) is 0. The van der Waals surface area contributed by atoms with Crippen molar-refractivity contribution in [3.8, 4) is 0 Å². The van der Waals surface area contributed by atoms with E-state index in [4.69, 9.17) is 0 Å². The second-order valence-electron chi connectivity index (χ2n) is 7.71. The Hall–Kier alpha value is -1.55. The Kier molecular flexibility index (Phi) is 3.80. The van der Waals surface area contributed by atoms with E-state index in [1.165, 1.54) is 36.8 Å². The summed E-state index contributed by atoms with van der Waals surface area (Å²) in [6.45, 7) is 3.15. The first kappa shape index (κ1) is 15.0. The lowest BCUT2D eigenvalue weighted by Gasteiger charge is -2.37. The van der Waals surface area contributed by atoms with Crippen molar-refractivity contribution in [2.45, 2.75) is 37.8 Å². The second kappa shape index (κ2) is 5.82. The molecule has 1 aromatic carbocycles. The van der Waals surface area contributed by atoms with Gasteiger partial charge in [0, 0.05) is 45.8 Å². The molecule has 3 fully saturated rings. The van der Waals surface area contributed by atoms with Crippen molar-refractivity contribution >= 4 is 6.03 Å². The Bertz CT molecular complexity index is 575. The van der Waals surface area contributed by atoms with Crippen LogP contribution >= 0.6 is 0 Å². The molecule has 0 saturated carbocycles. The molecule has 4 aliphatic rings. The average molecular weight is 313 g/mol. The lowest BCUT2D eigenvalue weighted by Crippen LogP contribution is -2.51. The molecule has 0 aromatic heterocycles. The van der Waals surface area contributed by atoms with Gasteiger partial charge in [0.1, 0.15) is 0 Å². The Labute approximate surface area is 139 Å². The van der Waals surface area contributed by atoms with E-state index in [0.717, 1.165) is 19.6 Å². The Morgan fingerprint density at radius 1 is 1.00 bits per heavy atom. The minimum atomic E-state index is 0.191. The summed E-state index contributed by atoms with van der Waals surface area (Å²) in [5.74, 6) is 0.640. The van der Waals surface area contributed by atoms with Gasteiger partial charge in [-0.2, -0.15) is 0 Å². The fourth-order valence-electron chi connectivity index (χ4n) is 4.70. The molecule has 5 rings (SSSR count). The summed E-state index contributed by atoms with van der Waals surface area (Å²) >= 11 is 0. The summed E-state index contributed by atoms with van der Waals surface area (Å²) in [5.41, 5.74) is 3.05. The molecule has 2 bridgehead atoms. The van der Waals surface area contributed by atoms with E-state index in [2.05, 4.69) is 34.1 Å². The summed E-state index contributed by atoms with van der Waals surface area (Å²) in [7, 11) is 3.73. The first-order valence-corrected chi connectivity index (χ1v) is 8.90. The van der Waals surface area contributed by atoms with Crippen LogP contribution in [0.25, 0.3) is 0 Å². The monoisotopic (exact) mass is 313 g/mol. The molecule has 0 N–H and O–H groups in total. The Morgan fingerprint density at radius 3 is 2.35 bits per heavy atom. The van der Waals surface area contributed by atoms with Gasteiger partial charge in [0.15, 0.2) is 0 Å². The number of carbonyl (C=O) groups excluding carboxylic acids is 1. The molecule has 4 heteroatoms. The van der Waals surface area contributed by atoms with Crippen molar-refractivity contribution in [2.75, 3.05) is 33.7 Å². The molecule has 0 spiro atoms. The van der Waals surface area contributed by atoms with E-state index in [0.29, 0.717) is 18.0 Å². The van der Waals surface area contributed by atoms with Crippen LogP contribution in [0.2, 0.25) is 0 Å². The zero-order valence-corrected chi connectivity index (χ0v) is 14.2. The van der Waals surface area contributed by atoms with Crippen LogP contribution in [-0.4, -0.2) is 66.5 Å². The maximum Gasteiger partial charge on any atom is 0.319 e. The number of rotatable bonds is 1. The molecule has 2 amide bonds. The summed E-state index contributed by atoms with van der Waals surface area (Å²) < 4.78 is 0. The number of hydrogen-bond acceptors (Lipinski definition) is 2. The van der Waals surface area contributed by atoms with Crippen molar-refractivity contribution < 1.29 is 4.79 Å². The molecular formula is C19H27N3O. The highest BCUT2D eigenvalue weighted by atomic mass is 16.2. The number of nitrogens with zero attached hydrogens (tertiary/aromatic N) is 3. The van der Waals surface area contributed by atoms with Crippen molar-refractivity contribution in [1.29, 1.82) is 0 Å². The number of fused-ring (bicyclic) bond motifs is 5. The zero-order valence-electron chi connectivity index (χ0n) is 14.2. The minimum absolute atomic E-state index is 0.191. The number of urea groups is 1. The van der Waals surface area contributed by atoms with Crippen LogP contribution in [0.15, 0.2) is 24.3 Å². The van der Waals surface area contributed by atoms with E-state index < -0.39 is 0 Å². The third-order valence-electron chi connectivity index (χ3n) is 5.92. The van der Waals surface area contributed by atoms with Crippen LogP contribution in [0.5, 0.6) is 0 Å². The first-order chi connectivity index (χ1) is 11.1. The van der Waals surface area contributed by atoms with Crippen LogP contribution in [0.4, 0.5) is 4.79 Å². The third-order valence-corrected chi connectivity index (χ3v) is 5.92. The summed E-state index contributed by atoms with van der Waals surface area (Å²) in [6.07, 6.45) is 4.80. The van der Waals surface area contributed by atoms with Gasteiger partial charge < -0.3 is 9.80 Å². The molecule has 4 nitrogen and oxygen atoms in total. The maximum atomic E-state index is 12.5. The lowest BCUT2D eigenvalue weighted by atomic mass is 9.95. The fourth-order valence-corrected chi connectivity index (χ4v) is 4.70. The van der Waals surface area contributed by atoms with Gasteiger partial charge in [-0.15, -0.1) is 0 Å². The van der Waals surface area contributed by atoms with Gasteiger partial charge in [0.2, 0.25) is 0 Å². The molecule has 3 aliphatic heterocycles. The minimum Gasteiger partial charge on any atom is -0.331 e. The van der Waals surface area contributed by atoms with Gasteiger partial charge in [0.25, 0.3) is 0 Å². The molecule has 0 radical (unpaired) electrons. The summed E-state index contributed by atoms with van der Waals surface area (Å²) in [6, 6.07) is 10.1. The van der Waals surface area contributed by atoms with Gasteiger partial charge in [0.05, 0.1) is 0 Å². The van der Waals surface area contributed by atoms with E-state index in [-0.39, 0.29) is 6.03 Å². The fraction of sp³-hybridized carbons (Fsp3) is 0.632. The van der Waals surface area contributed by atoms with E-state index >= 15 is 0 Å². The third kappa shape index (κ3) is 2.74. The average Bonchev–Trinajstić information content (AvgIpc) is 2.77. The van der Waals surface area contributed by atoms with Crippen molar-refractivity contribution in [1.82, 2.24) is 14.7 Å². The Balaban J connectivity index is 1.50. The predicted octanol–water partition coefficient (Wildman–Crippen LogP) is 2.23. The van der Waals surface area contributed by atoms with Crippen LogP contribution < -0.4 is 0 Å². The molecule has 1 aromatic rings. The van der Waals surface area contributed by atoms with Gasteiger partial charge in [-0.25, -0.2) is 4.79 Å². The molecule has 124 valence electrons. The lowest BCUT2D eigenvalue weighted by molar-refractivity contribution is 0.118. The number of benzene rings is 1. The summed E-state index contributed by atoms with van der Waals surface area (Å²) in [4.78, 5) is 19.0. The largest absolute Gasteiger partial charge is 0.331 e. The SMILES string of the molecule is CN(C)C(=O)N1C[C@H]2CC[C@@H]1CN(C1Cc3ccccc3C1)C2. The quantitative estimate of drug-likeness (QED) is 0.795. The zero-order chi connectivity index (χ0) is 16.0. The van der Waals surface area contributed by atoms with E-state index in [1.807, 2.05) is 14.1 Å². The van der Waals surface area contributed by atoms with Crippen LogP contribution in [0, 0.1) is 5.92 Å². The standard InChI is InChI=1S/C19H27N3O/c1-20(2)19(23)22-12-14-7-8-17(22)13-21(11-14)18-9-15-5-3-4-6-16(15)10-18/h3-6,14,17-18H,7-13H2,1-2H3/t14-,17+/m0/s1. The van der Waals surface area contributed by atoms with Crippen LogP contribution in [0.1, 0.15) is 24.0 Å². The van der Waals surface area contributed by atoms with E-state index in [9.17, 15) is 4.79 Å². The highest BCUT2D eigenvalue weighted by Gasteiger charge is 2.40. The normalized spacial score (nSPS) is 27.8. The molecule has 1 aliphatic carbocycles. The molecule has 23 heavy (non-hydrogen) atoms. The van der Waals surface area contributed by atoms with Gasteiger partial charge in [-0.05, 0) is 42.7 Å². The molecule has 3 saturated heterocycles. The number of hydrogen-bond donors (Lipinski definition) is 0. The van der Waals surface area contributed by atoms with E-state index in [1.54, 1.807) is 4.90 Å². The van der Waals surface area contributed by atoms with Gasteiger partial charge in [-0.1, -0.05) is 24.3 Å². The predicted molar refractivity (Wildman–Crippen MR) is 91.5 cm³/mol. The van der Waals surface area contributed by atoms with Crippen molar-refractivity contribution in [3.63, 3.8) is 0 Å². The molecule has 2 atom stereocenters. The number of amides is 2. The second-order valence-corrected chi connectivity index (χ2v) is 7.71. The smallest absolute Gasteiger partial charge is 0.319 e. The number of carbonyl (C=O) groups is 1. The van der Waals surface area contributed by atoms with Crippen molar-refractivity contribution in [3.05, 3.63) is 35.4 Å². The Morgan fingerprint density at radius 2 is 1.70 bits per heavy atom. The molecular weight excluding hydrogens is 286 g/mol. The molecule has 3 heterocycles. The van der Waals surface area contributed by atoms with Gasteiger partial charge >= 0.3 is 6.03 Å². The van der Waals surface area contributed by atoms with Crippen LogP contribution in [0.3, 0.4) is 0 Å².